The van der Waals surface area contributed by atoms with Gasteiger partial charge in [0.05, 0.1) is 0 Å². The Hall–Kier alpha value is -1.84. The topological polar surface area (TPSA) is 37.4 Å². The lowest BCUT2D eigenvalue weighted by Crippen LogP contribution is -2.35. The van der Waals surface area contributed by atoms with Crippen LogP contribution in [0, 0.1) is 0 Å². The van der Waals surface area contributed by atoms with E-state index in [9.17, 15) is 9.59 Å². The van der Waals surface area contributed by atoms with Gasteiger partial charge in [0.15, 0.2) is 12.1 Å². The number of carbonyl (C=O) groups excluding carboxylic acids is 2. The predicted molar refractivity (Wildman–Crippen MR) is 74.2 cm³/mol. The number of aldehydes is 1. The first kappa shape index (κ1) is 12.6. The molecule has 1 aliphatic heterocycles. The third-order valence-electron chi connectivity index (χ3n) is 3.40. The highest BCUT2D eigenvalue weighted by Gasteiger charge is 2.18. The van der Waals surface area contributed by atoms with Gasteiger partial charge in [-0.2, -0.15) is 0 Å². The average Bonchev–Trinajstić information content (AvgIpc) is 2.41. The van der Waals surface area contributed by atoms with Gasteiger partial charge in [0, 0.05) is 18.7 Å². The van der Waals surface area contributed by atoms with Crippen molar-refractivity contribution >= 4 is 25.5 Å². The van der Waals surface area contributed by atoms with Crippen molar-refractivity contribution in [2.45, 2.75) is 12.8 Å². The Morgan fingerprint density at radius 1 is 1.17 bits per heavy atom. The van der Waals surface area contributed by atoms with E-state index in [0.717, 1.165) is 48.9 Å². The van der Waals surface area contributed by atoms with Crippen LogP contribution in [0.3, 0.4) is 0 Å². The summed E-state index contributed by atoms with van der Waals surface area (Å²) in [5.74, 6) is 0.112. The zero-order chi connectivity index (χ0) is 13.0. The van der Waals surface area contributed by atoms with E-state index in [1.807, 2.05) is 35.2 Å². The number of benzene rings is 1. The van der Waals surface area contributed by atoms with Crippen LogP contribution in [0.5, 0.6) is 0 Å². The molecule has 0 spiro atoms. The summed E-state index contributed by atoms with van der Waals surface area (Å²) in [6.07, 6.45) is 2.53. The molecule has 18 heavy (non-hydrogen) atoms. The highest BCUT2D eigenvalue weighted by molar-refractivity contribution is 6.56. The number of hydrogen-bond acceptors (Lipinski definition) is 2. The summed E-state index contributed by atoms with van der Waals surface area (Å²) < 4.78 is 0. The van der Waals surface area contributed by atoms with E-state index >= 15 is 0 Å². The minimum atomic E-state index is 0.112. The molecule has 4 heteroatoms. The van der Waals surface area contributed by atoms with Crippen molar-refractivity contribution < 1.29 is 9.59 Å². The summed E-state index contributed by atoms with van der Waals surface area (Å²) in [5, 5.41) is 0. The molecule has 0 N–H and O–H groups in total. The molecule has 3 nitrogen and oxygen atoms in total. The third-order valence-corrected chi connectivity index (χ3v) is 3.40. The van der Waals surface area contributed by atoms with Gasteiger partial charge in [0.1, 0.15) is 0 Å². The molecule has 92 valence electrons. The Balaban J connectivity index is 2.20. The summed E-state index contributed by atoms with van der Waals surface area (Å²) in [5.41, 5.74) is 2.92. The summed E-state index contributed by atoms with van der Waals surface area (Å²) in [7, 11) is 1.59. The van der Waals surface area contributed by atoms with Gasteiger partial charge < -0.3 is 4.90 Å². The summed E-state index contributed by atoms with van der Waals surface area (Å²) in [4.78, 5) is 24.4. The fourth-order valence-corrected chi connectivity index (χ4v) is 2.33. The minimum Gasteiger partial charge on any atom is -0.351 e. The van der Waals surface area contributed by atoms with E-state index in [1.54, 1.807) is 7.85 Å². The minimum absolute atomic E-state index is 0.112. The lowest BCUT2D eigenvalue weighted by Gasteiger charge is -2.28. The first-order valence-corrected chi connectivity index (χ1v) is 6.20. The van der Waals surface area contributed by atoms with Crippen LogP contribution in [-0.4, -0.2) is 37.9 Å². The number of likely N-dealkylation sites (tertiary alicyclic amines) is 1. The molecule has 0 aliphatic carbocycles. The molecule has 0 atom stereocenters. The van der Waals surface area contributed by atoms with E-state index in [-0.39, 0.29) is 5.81 Å². The van der Waals surface area contributed by atoms with Gasteiger partial charge in [-0.1, -0.05) is 35.9 Å². The SMILES string of the molecule is BC(=O)N1CCC(=C(C=O)c2ccccc2)CC1. The lowest BCUT2D eigenvalue weighted by atomic mass is 9.93. The van der Waals surface area contributed by atoms with E-state index in [4.69, 9.17) is 0 Å². The zero-order valence-corrected chi connectivity index (χ0v) is 10.6. The molecular weight excluding hydrogens is 225 g/mol. The Bertz CT molecular complexity index is 472. The maximum Gasteiger partial charge on any atom is 0.215 e. The second-order valence-electron chi connectivity index (χ2n) is 4.51. The van der Waals surface area contributed by atoms with E-state index in [2.05, 4.69) is 0 Å². The van der Waals surface area contributed by atoms with Gasteiger partial charge in [-0.15, -0.1) is 0 Å². The quantitative estimate of drug-likeness (QED) is 0.447. The monoisotopic (exact) mass is 241 g/mol. The fourth-order valence-electron chi connectivity index (χ4n) is 2.33. The number of rotatable bonds is 2. The molecule has 0 unspecified atom stereocenters. The molecule has 1 fully saturated rings. The van der Waals surface area contributed by atoms with Crippen molar-refractivity contribution in [2.24, 2.45) is 0 Å². The highest BCUT2D eigenvalue weighted by Crippen LogP contribution is 2.25. The van der Waals surface area contributed by atoms with Gasteiger partial charge in [-0.05, 0) is 18.4 Å². The van der Waals surface area contributed by atoms with Crippen LogP contribution in [0.4, 0.5) is 4.79 Å². The van der Waals surface area contributed by atoms with Crippen molar-refractivity contribution in [3.63, 3.8) is 0 Å². The lowest BCUT2D eigenvalue weighted by molar-refractivity contribution is -0.103. The maximum absolute atomic E-state index is 11.3. The Morgan fingerprint density at radius 2 is 1.78 bits per heavy atom. The smallest absolute Gasteiger partial charge is 0.215 e. The maximum atomic E-state index is 11.3. The standard InChI is InChI=1S/C14H16BNO2/c15-14(18)16-8-6-12(7-9-16)13(10-17)11-4-2-1-3-5-11/h1-5,10H,6-9,15H2. The Morgan fingerprint density at radius 3 is 2.28 bits per heavy atom. The molecule has 1 aromatic rings. The van der Waals surface area contributed by atoms with Crippen molar-refractivity contribution in [1.29, 1.82) is 0 Å². The summed E-state index contributed by atoms with van der Waals surface area (Å²) in [6, 6.07) is 9.71. The summed E-state index contributed by atoms with van der Waals surface area (Å²) >= 11 is 0. The van der Waals surface area contributed by atoms with Gasteiger partial charge in [-0.25, -0.2) is 0 Å². The van der Waals surface area contributed by atoms with Crippen LogP contribution in [0.25, 0.3) is 5.57 Å². The van der Waals surface area contributed by atoms with Gasteiger partial charge >= 0.3 is 0 Å². The first-order valence-electron chi connectivity index (χ1n) is 6.20. The van der Waals surface area contributed by atoms with E-state index in [0.29, 0.717) is 0 Å². The third kappa shape index (κ3) is 2.70. The molecule has 1 aliphatic rings. The Kier molecular flexibility index (Phi) is 3.97. The largest absolute Gasteiger partial charge is 0.351 e. The molecule has 0 aromatic heterocycles. The van der Waals surface area contributed by atoms with Crippen molar-refractivity contribution in [3.05, 3.63) is 41.5 Å². The van der Waals surface area contributed by atoms with Crippen molar-refractivity contribution in [3.8, 4) is 0 Å². The number of hydrogen-bond donors (Lipinski definition) is 0. The molecule has 1 heterocycles. The Labute approximate surface area is 108 Å². The number of piperidine rings is 1. The number of amides is 1. The number of allylic oxidation sites excluding steroid dienone is 1. The molecule has 0 bridgehead atoms. The van der Waals surface area contributed by atoms with Crippen LogP contribution in [0.15, 0.2) is 35.9 Å². The molecular formula is C14H16BNO2. The fraction of sp³-hybridized carbons (Fsp3) is 0.286. The van der Waals surface area contributed by atoms with E-state index in [1.165, 1.54) is 0 Å². The van der Waals surface area contributed by atoms with Crippen LogP contribution < -0.4 is 0 Å². The predicted octanol–water partition coefficient (Wildman–Crippen LogP) is 1.49. The zero-order valence-electron chi connectivity index (χ0n) is 10.6. The van der Waals surface area contributed by atoms with Gasteiger partial charge in [0.2, 0.25) is 7.85 Å². The summed E-state index contributed by atoms with van der Waals surface area (Å²) in [6.45, 7) is 1.43. The molecule has 1 amide bonds. The highest BCUT2D eigenvalue weighted by atomic mass is 16.1. The first-order chi connectivity index (χ1) is 8.72. The van der Waals surface area contributed by atoms with Crippen molar-refractivity contribution in [2.75, 3.05) is 13.1 Å². The molecule has 1 aromatic carbocycles. The van der Waals surface area contributed by atoms with Crippen LogP contribution >= 0.6 is 0 Å². The molecule has 0 radical (unpaired) electrons. The van der Waals surface area contributed by atoms with E-state index < -0.39 is 0 Å². The van der Waals surface area contributed by atoms with Crippen molar-refractivity contribution in [1.82, 2.24) is 4.90 Å². The molecule has 0 saturated carbocycles. The van der Waals surface area contributed by atoms with Crippen LogP contribution in [0.1, 0.15) is 18.4 Å². The average molecular weight is 241 g/mol. The molecule has 2 rings (SSSR count). The number of carbonyl (C=O) groups is 2. The van der Waals surface area contributed by atoms with Crippen LogP contribution in [-0.2, 0) is 4.79 Å². The number of nitrogens with zero attached hydrogens (tertiary/aromatic N) is 1. The second-order valence-corrected chi connectivity index (χ2v) is 4.51. The van der Waals surface area contributed by atoms with Crippen LogP contribution in [0.2, 0.25) is 0 Å². The van der Waals surface area contributed by atoms with Gasteiger partial charge in [-0.3, -0.25) is 9.59 Å². The second kappa shape index (κ2) is 5.67. The van der Waals surface area contributed by atoms with Gasteiger partial charge in [0.25, 0.3) is 0 Å². The molecule has 1 saturated heterocycles. The normalized spacial score (nSPS) is 15.3.